The number of hydrogen-bond donors (Lipinski definition) is 2. The smallest absolute Gasteiger partial charge is 0.337 e. The highest BCUT2D eigenvalue weighted by molar-refractivity contribution is 6.32. The summed E-state index contributed by atoms with van der Waals surface area (Å²) in [7, 11) is 1.39. The number of hydrogen-bond acceptors (Lipinski definition) is 3. The van der Waals surface area contributed by atoms with Crippen molar-refractivity contribution in [3.63, 3.8) is 0 Å². The Morgan fingerprint density at radius 2 is 1.88 bits per heavy atom. The predicted octanol–water partition coefficient (Wildman–Crippen LogP) is 5.63. The Kier molecular flexibility index (Phi) is 4.60. The number of aromatic nitrogens is 1. The van der Waals surface area contributed by atoms with Crippen LogP contribution >= 0.6 is 11.6 Å². The number of H-pyrrole nitrogens is 1. The fourth-order valence-corrected chi connectivity index (χ4v) is 3.90. The van der Waals surface area contributed by atoms with Gasteiger partial charge in [-0.25, -0.2) is 4.79 Å². The molecule has 0 radical (unpaired) electrons. The number of halogens is 1. The summed E-state index contributed by atoms with van der Waals surface area (Å²) in [6.07, 6.45) is 4.97. The number of benzene rings is 2. The second-order valence-corrected chi connectivity index (χ2v) is 7.23. The van der Waals surface area contributed by atoms with Crippen molar-refractivity contribution >= 4 is 34.2 Å². The van der Waals surface area contributed by atoms with E-state index in [1.54, 1.807) is 12.1 Å². The van der Waals surface area contributed by atoms with Gasteiger partial charge in [0.1, 0.15) is 0 Å². The first-order valence-corrected chi connectivity index (χ1v) is 9.29. The molecule has 5 heteroatoms. The number of esters is 1. The quantitative estimate of drug-likeness (QED) is 0.587. The van der Waals surface area contributed by atoms with Crippen LogP contribution in [0.4, 0.5) is 5.69 Å². The van der Waals surface area contributed by atoms with Crippen molar-refractivity contribution in [3.8, 4) is 11.3 Å². The van der Waals surface area contributed by atoms with Crippen LogP contribution < -0.4 is 5.32 Å². The molecule has 26 heavy (non-hydrogen) atoms. The van der Waals surface area contributed by atoms with Crippen LogP contribution in [0.2, 0.25) is 5.02 Å². The number of anilines is 1. The zero-order valence-corrected chi connectivity index (χ0v) is 15.4. The monoisotopic (exact) mass is 368 g/mol. The minimum Gasteiger partial charge on any atom is -0.465 e. The lowest BCUT2D eigenvalue weighted by molar-refractivity contribution is 0.0601. The van der Waals surface area contributed by atoms with Gasteiger partial charge in [0.2, 0.25) is 0 Å². The summed E-state index contributed by atoms with van der Waals surface area (Å²) in [5.41, 5.74) is 4.66. The topological polar surface area (TPSA) is 54.1 Å². The average molecular weight is 369 g/mol. The van der Waals surface area contributed by atoms with Gasteiger partial charge in [0, 0.05) is 22.1 Å². The van der Waals surface area contributed by atoms with Crippen LogP contribution in [0.15, 0.2) is 42.5 Å². The van der Waals surface area contributed by atoms with E-state index in [1.165, 1.54) is 32.8 Å². The molecule has 1 aliphatic carbocycles. The van der Waals surface area contributed by atoms with Crippen LogP contribution in [0.3, 0.4) is 0 Å². The van der Waals surface area contributed by atoms with E-state index in [-0.39, 0.29) is 5.97 Å². The molecule has 0 aliphatic heterocycles. The number of rotatable bonds is 4. The van der Waals surface area contributed by atoms with Crippen molar-refractivity contribution in [2.45, 2.75) is 31.7 Å². The molecule has 0 saturated heterocycles. The number of nitrogens with one attached hydrogen (secondary N) is 2. The molecular formula is C21H21ClN2O2. The van der Waals surface area contributed by atoms with Crippen molar-refractivity contribution in [1.29, 1.82) is 0 Å². The lowest BCUT2D eigenvalue weighted by Crippen LogP contribution is -2.14. The van der Waals surface area contributed by atoms with E-state index >= 15 is 0 Å². The molecule has 4 rings (SSSR count). The summed E-state index contributed by atoms with van der Waals surface area (Å²) in [5.74, 6) is -0.331. The Morgan fingerprint density at radius 3 is 2.58 bits per heavy atom. The fraction of sp³-hybridized carbons (Fsp3) is 0.286. The minimum absolute atomic E-state index is 0.331. The fourth-order valence-electron chi connectivity index (χ4n) is 3.67. The Labute approximate surface area is 157 Å². The van der Waals surface area contributed by atoms with Gasteiger partial charge >= 0.3 is 5.97 Å². The lowest BCUT2D eigenvalue weighted by Gasteiger charge is -2.14. The van der Waals surface area contributed by atoms with Gasteiger partial charge in [-0.05, 0) is 48.7 Å². The summed E-state index contributed by atoms with van der Waals surface area (Å²) in [6, 6.07) is 14.0. The van der Waals surface area contributed by atoms with E-state index < -0.39 is 0 Å². The highest BCUT2D eigenvalue weighted by Gasteiger charge is 2.17. The van der Waals surface area contributed by atoms with Crippen LogP contribution in [0, 0.1) is 0 Å². The average Bonchev–Trinajstić information content (AvgIpc) is 3.30. The Balaban J connectivity index is 1.69. The minimum atomic E-state index is -0.331. The normalized spacial score (nSPS) is 14.7. The zero-order chi connectivity index (χ0) is 18.1. The molecule has 0 atom stereocenters. The van der Waals surface area contributed by atoms with E-state index in [9.17, 15) is 4.79 Å². The molecule has 0 bridgehead atoms. The molecule has 4 nitrogen and oxygen atoms in total. The van der Waals surface area contributed by atoms with Crippen molar-refractivity contribution in [2.24, 2.45) is 0 Å². The maximum atomic E-state index is 11.6. The number of aromatic amines is 1. The Hall–Kier alpha value is -2.46. The highest BCUT2D eigenvalue weighted by Crippen LogP contribution is 2.33. The van der Waals surface area contributed by atoms with Crippen LogP contribution in [0.5, 0.6) is 0 Å². The third-order valence-electron chi connectivity index (χ3n) is 5.02. The van der Waals surface area contributed by atoms with Crippen molar-refractivity contribution < 1.29 is 9.53 Å². The maximum Gasteiger partial charge on any atom is 0.337 e. The van der Waals surface area contributed by atoms with Gasteiger partial charge in [-0.1, -0.05) is 36.6 Å². The predicted molar refractivity (Wildman–Crippen MR) is 106 cm³/mol. The molecule has 2 aromatic carbocycles. The molecular weight excluding hydrogens is 348 g/mol. The largest absolute Gasteiger partial charge is 0.465 e. The third kappa shape index (κ3) is 3.29. The molecule has 0 amide bonds. The highest BCUT2D eigenvalue weighted by atomic mass is 35.5. The van der Waals surface area contributed by atoms with Crippen LogP contribution in [0.1, 0.15) is 36.0 Å². The standard InChI is InChI=1S/C21H21ClN2O2/c1-26-21(25)14-8-6-13(7-9-14)18-11-15-10-16(22)12-19(20(15)24-18)23-17-4-2-3-5-17/h6-12,17,23-24H,2-5H2,1H3. The molecule has 1 aromatic heterocycles. The van der Waals surface area contributed by atoms with Gasteiger partial charge in [-0.15, -0.1) is 0 Å². The summed E-state index contributed by atoms with van der Waals surface area (Å²) < 4.78 is 4.75. The lowest BCUT2D eigenvalue weighted by atomic mass is 10.1. The summed E-state index contributed by atoms with van der Waals surface area (Å²) in [6.45, 7) is 0. The van der Waals surface area contributed by atoms with Crippen LogP contribution in [-0.2, 0) is 4.74 Å². The van der Waals surface area contributed by atoms with Crippen molar-refractivity contribution in [1.82, 2.24) is 4.98 Å². The van der Waals surface area contributed by atoms with Gasteiger partial charge in [0.05, 0.1) is 23.9 Å². The van der Waals surface area contributed by atoms with Crippen LogP contribution in [-0.4, -0.2) is 24.1 Å². The van der Waals surface area contributed by atoms with Gasteiger partial charge in [-0.2, -0.15) is 0 Å². The Morgan fingerprint density at radius 1 is 1.15 bits per heavy atom. The summed E-state index contributed by atoms with van der Waals surface area (Å²) in [5, 5.41) is 5.44. The van der Waals surface area contributed by atoms with Crippen molar-refractivity contribution in [3.05, 3.63) is 53.1 Å². The second kappa shape index (κ2) is 7.04. The Bertz CT molecular complexity index is 941. The molecule has 2 N–H and O–H groups in total. The first kappa shape index (κ1) is 17.0. The van der Waals surface area contributed by atoms with Crippen LogP contribution in [0.25, 0.3) is 22.2 Å². The molecule has 1 heterocycles. The molecule has 0 spiro atoms. The van der Waals surface area contributed by atoms with Gasteiger partial charge in [0.25, 0.3) is 0 Å². The molecule has 1 aliphatic rings. The zero-order valence-electron chi connectivity index (χ0n) is 14.6. The maximum absolute atomic E-state index is 11.6. The molecule has 3 aromatic rings. The van der Waals surface area contributed by atoms with E-state index in [0.717, 1.165) is 32.9 Å². The van der Waals surface area contributed by atoms with E-state index in [1.807, 2.05) is 24.3 Å². The molecule has 1 saturated carbocycles. The van der Waals surface area contributed by atoms with E-state index in [4.69, 9.17) is 16.3 Å². The first-order valence-electron chi connectivity index (χ1n) is 8.91. The van der Waals surface area contributed by atoms with Gasteiger partial charge in [0.15, 0.2) is 0 Å². The second-order valence-electron chi connectivity index (χ2n) is 6.80. The number of methoxy groups -OCH3 is 1. The SMILES string of the molecule is COC(=O)c1ccc(-c2cc3cc(Cl)cc(NC4CCCC4)c3[nH]2)cc1. The number of carbonyl (C=O) groups is 1. The van der Waals surface area contributed by atoms with Gasteiger partial charge in [-0.3, -0.25) is 0 Å². The number of ether oxygens (including phenoxy) is 1. The van der Waals surface area contributed by atoms with E-state index in [0.29, 0.717) is 11.6 Å². The van der Waals surface area contributed by atoms with E-state index in [2.05, 4.69) is 16.4 Å². The number of carbonyl (C=O) groups excluding carboxylic acids is 1. The number of fused-ring (bicyclic) bond motifs is 1. The molecule has 134 valence electrons. The van der Waals surface area contributed by atoms with Crippen molar-refractivity contribution in [2.75, 3.05) is 12.4 Å². The third-order valence-corrected chi connectivity index (χ3v) is 5.24. The molecule has 0 unspecified atom stereocenters. The summed E-state index contributed by atoms with van der Waals surface area (Å²) >= 11 is 6.33. The van der Waals surface area contributed by atoms with Gasteiger partial charge < -0.3 is 15.0 Å². The molecule has 1 fully saturated rings. The first-order chi connectivity index (χ1) is 12.6. The summed E-state index contributed by atoms with van der Waals surface area (Å²) in [4.78, 5) is 15.1.